The molecule has 2 aliphatic heterocycles. The Balaban J connectivity index is 1.60. The van der Waals surface area contributed by atoms with Crippen molar-refractivity contribution in [2.75, 3.05) is 31.2 Å². The smallest absolute Gasteiger partial charge is 0.329 e. The van der Waals surface area contributed by atoms with Crippen LogP contribution in [-0.4, -0.2) is 79.3 Å². The second-order valence-electron chi connectivity index (χ2n) is 8.24. The summed E-state index contributed by atoms with van der Waals surface area (Å²) in [4.78, 5) is 40.8. The molecule has 2 amide bonds. The van der Waals surface area contributed by atoms with Gasteiger partial charge in [-0.05, 0) is 37.3 Å². The molecule has 1 aromatic rings. The van der Waals surface area contributed by atoms with E-state index in [9.17, 15) is 22.8 Å². The predicted octanol–water partition coefficient (Wildman–Crippen LogP) is 1.10. The summed E-state index contributed by atoms with van der Waals surface area (Å²) in [6.45, 7) is 4.20. The Hall–Kier alpha value is -2.36. The maximum Gasteiger partial charge on any atom is 0.329 e. The van der Waals surface area contributed by atoms with Crippen LogP contribution in [0.2, 0.25) is 0 Å². The van der Waals surface area contributed by atoms with Gasteiger partial charge in [0.2, 0.25) is 0 Å². The van der Waals surface area contributed by atoms with Crippen LogP contribution >= 0.6 is 0 Å². The van der Waals surface area contributed by atoms with Gasteiger partial charge in [0.15, 0.2) is 22.2 Å². The number of hydrogen-bond donors (Lipinski definition) is 0. The molecule has 10 heteroatoms. The highest BCUT2D eigenvalue weighted by Crippen LogP contribution is 2.22. The fourth-order valence-electron chi connectivity index (χ4n) is 3.98. The minimum atomic E-state index is -3.15. The minimum absolute atomic E-state index is 0.0608. The second-order valence-corrected chi connectivity index (χ2v) is 10.5. The van der Waals surface area contributed by atoms with E-state index in [0.717, 1.165) is 0 Å². The van der Waals surface area contributed by atoms with Gasteiger partial charge < -0.3 is 19.0 Å². The molecule has 0 bridgehead atoms. The summed E-state index contributed by atoms with van der Waals surface area (Å²) in [6.07, 6.45) is 2.89. The lowest BCUT2D eigenvalue weighted by molar-refractivity contribution is -0.156. The molecular formula is C20H28N2O7S. The number of rotatable bonds is 7. The van der Waals surface area contributed by atoms with E-state index in [1.165, 1.54) is 22.1 Å². The summed E-state index contributed by atoms with van der Waals surface area (Å²) in [5, 5.41) is 0. The Labute approximate surface area is 176 Å². The zero-order valence-corrected chi connectivity index (χ0v) is 18.1. The van der Waals surface area contributed by atoms with Gasteiger partial charge in [0, 0.05) is 19.1 Å². The van der Waals surface area contributed by atoms with Crippen LogP contribution in [0.15, 0.2) is 22.8 Å². The quantitative estimate of drug-likeness (QED) is 0.583. The number of carbonyl (C=O) groups is 3. The molecular weight excluding hydrogens is 412 g/mol. The van der Waals surface area contributed by atoms with Crippen molar-refractivity contribution in [3.8, 4) is 0 Å². The zero-order chi connectivity index (χ0) is 21.9. The van der Waals surface area contributed by atoms with E-state index < -0.39 is 40.4 Å². The van der Waals surface area contributed by atoms with Crippen molar-refractivity contribution in [3.63, 3.8) is 0 Å². The molecule has 1 unspecified atom stereocenters. The van der Waals surface area contributed by atoms with Crippen LogP contribution in [0.25, 0.3) is 0 Å². The number of likely N-dealkylation sites (tertiary alicyclic amines) is 1. The normalized spacial score (nSPS) is 23.0. The molecule has 166 valence electrons. The molecule has 0 saturated carbocycles. The van der Waals surface area contributed by atoms with E-state index in [-0.39, 0.29) is 29.1 Å². The van der Waals surface area contributed by atoms with Crippen LogP contribution in [0.4, 0.5) is 0 Å². The van der Waals surface area contributed by atoms with E-state index in [2.05, 4.69) is 0 Å². The molecule has 9 nitrogen and oxygen atoms in total. The number of carbonyl (C=O) groups excluding carboxylic acids is 3. The summed E-state index contributed by atoms with van der Waals surface area (Å²) in [6, 6.07) is 1.97. The number of hydrogen-bond acceptors (Lipinski definition) is 7. The highest BCUT2D eigenvalue weighted by molar-refractivity contribution is 7.91. The first-order valence-electron chi connectivity index (χ1n) is 10.2. The van der Waals surface area contributed by atoms with Crippen molar-refractivity contribution < 1.29 is 32.0 Å². The predicted molar refractivity (Wildman–Crippen MR) is 107 cm³/mol. The Morgan fingerprint density at radius 3 is 2.67 bits per heavy atom. The van der Waals surface area contributed by atoms with Gasteiger partial charge in [0.25, 0.3) is 11.8 Å². The van der Waals surface area contributed by atoms with Crippen molar-refractivity contribution in [1.82, 2.24) is 9.80 Å². The second kappa shape index (κ2) is 9.20. The fourth-order valence-corrected chi connectivity index (χ4v) is 5.71. The van der Waals surface area contributed by atoms with E-state index in [0.29, 0.717) is 32.4 Å². The lowest BCUT2D eigenvalue weighted by atomic mass is 10.1. The SMILES string of the molecule is CC(C)CN(C(=O)COC(=O)[C@@H]1CCCN1C(=O)c1ccco1)C1CCS(=O)(=O)C1. The Morgan fingerprint density at radius 2 is 2.07 bits per heavy atom. The summed E-state index contributed by atoms with van der Waals surface area (Å²) >= 11 is 0. The first-order valence-corrected chi connectivity index (χ1v) is 12.0. The van der Waals surface area contributed by atoms with Gasteiger partial charge in [-0.2, -0.15) is 0 Å². The molecule has 30 heavy (non-hydrogen) atoms. The zero-order valence-electron chi connectivity index (χ0n) is 17.3. The summed E-state index contributed by atoms with van der Waals surface area (Å²) in [5.74, 6) is -1.15. The first kappa shape index (κ1) is 22.3. The van der Waals surface area contributed by atoms with Gasteiger partial charge in [0.1, 0.15) is 6.04 Å². The van der Waals surface area contributed by atoms with Crippen molar-refractivity contribution >= 4 is 27.6 Å². The Morgan fingerprint density at radius 1 is 1.30 bits per heavy atom. The first-order chi connectivity index (χ1) is 14.2. The van der Waals surface area contributed by atoms with Crippen LogP contribution in [0.5, 0.6) is 0 Å². The average Bonchev–Trinajstić information content (AvgIpc) is 3.43. The van der Waals surface area contributed by atoms with E-state index in [4.69, 9.17) is 9.15 Å². The van der Waals surface area contributed by atoms with Crippen LogP contribution in [0, 0.1) is 5.92 Å². The maximum atomic E-state index is 12.8. The van der Waals surface area contributed by atoms with E-state index >= 15 is 0 Å². The monoisotopic (exact) mass is 440 g/mol. The number of esters is 1. The summed E-state index contributed by atoms with van der Waals surface area (Å²) in [5.41, 5.74) is 0. The molecule has 0 radical (unpaired) electrons. The molecule has 2 fully saturated rings. The lowest BCUT2D eigenvalue weighted by Crippen LogP contribution is -2.46. The van der Waals surface area contributed by atoms with Crippen molar-refractivity contribution in [2.45, 2.75) is 45.2 Å². The van der Waals surface area contributed by atoms with Gasteiger partial charge in [-0.1, -0.05) is 13.8 Å². The molecule has 2 aliphatic rings. The molecule has 2 atom stereocenters. The fraction of sp³-hybridized carbons (Fsp3) is 0.650. The minimum Gasteiger partial charge on any atom is -0.459 e. The number of furan rings is 1. The molecule has 3 heterocycles. The van der Waals surface area contributed by atoms with Crippen LogP contribution in [-0.2, 0) is 24.2 Å². The molecule has 0 aromatic carbocycles. The lowest BCUT2D eigenvalue weighted by Gasteiger charge is -2.30. The van der Waals surface area contributed by atoms with Crippen molar-refractivity contribution in [3.05, 3.63) is 24.2 Å². The topological polar surface area (TPSA) is 114 Å². The van der Waals surface area contributed by atoms with Crippen LogP contribution in [0.3, 0.4) is 0 Å². The third kappa shape index (κ3) is 5.21. The molecule has 0 spiro atoms. The highest BCUT2D eigenvalue weighted by atomic mass is 32.2. The van der Waals surface area contributed by atoms with Gasteiger partial charge in [-0.25, -0.2) is 13.2 Å². The number of ether oxygens (including phenoxy) is 1. The summed E-state index contributed by atoms with van der Waals surface area (Å²) in [7, 11) is -3.15. The molecule has 1 aromatic heterocycles. The Bertz CT molecular complexity index is 879. The molecule has 0 aliphatic carbocycles. The molecule has 3 rings (SSSR count). The highest BCUT2D eigenvalue weighted by Gasteiger charge is 2.38. The standard InChI is InChI=1S/C20H28N2O7S/c1-14(2)11-22(15-7-10-30(26,27)13-15)18(23)12-29-20(25)16-5-3-8-21(16)19(24)17-6-4-9-28-17/h4,6,9,14-16H,3,5,7-8,10-13H2,1-2H3/t15?,16-/m0/s1. The van der Waals surface area contributed by atoms with Crippen LogP contribution < -0.4 is 0 Å². The third-order valence-electron chi connectivity index (χ3n) is 5.39. The van der Waals surface area contributed by atoms with Gasteiger partial charge in [-0.3, -0.25) is 9.59 Å². The third-order valence-corrected chi connectivity index (χ3v) is 7.14. The number of sulfone groups is 1. The largest absolute Gasteiger partial charge is 0.459 e. The Kier molecular flexibility index (Phi) is 6.84. The summed E-state index contributed by atoms with van der Waals surface area (Å²) < 4.78 is 34.0. The number of nitrogens with zero attached hydrogens (tertiary/aromatic N) is 2. The maximum absolute atomic E-state index is 12.8. The van der Waals surface area contributed by atoms with Gasteiger partial charge >= 0.3 is 5.97 Å². The van der Waals surface area contributed by atoms with E-state index in [1.807, 2.05) is 13.8 Å². The van der Waals surface area contributed by atoms with Crippen LogP contribution in [0.1, 0.15) is 43.7 Å². The molecule has 0 N–H and O–H groups in total. The van der Waals surface area contributed by atoms with Gasteiger partial charge in [-0.15, -0.1) is 0 Å². The van der Waals surface area contributed by atoms with E-state index in [1.54, 1.807) is 6.07 Å². The van der Waals surface area contributed by atoms with Gasteiger partial charge in [0.05, 0.1) is 17.8 Å². The van der Waals surface area contributed by atoms with Crippen molar-refractivity contribution in [2.24, 2.45) is 5.92 Å². The van der Waals surface area contributed by atoms with Crippen molar-refractivity contribution in [1.29, 1.82) is 0 Å². The molecule has 2 saturated heterocycles. The number of amides is 2. The average molecular weight is 441 g/mol.